The maximum absolute atomic E-state index is 4.42. The van der Waals surface area contributed by atoms with E-state index in [1.165, 1.54) is 5.56 Å². The van der Waals surface area contributed by atoms with Crippen LogP contribution in [0.4, 0.5) is 0 Å². The first kappa shape index (κ1) is 9.17. The molecule has 2 heteroatoms. The predicted molar refractivity (Wildman–Crippen MR) is 50.3 cm³/mol. The molecule has 0 saturated heterocycles. The maximum atomic E-state index is 4.42. The van der Waals surface area contributed by atoms with E-state index < -0.39 is 0 Å². The van der Waals surface area contributed by atoms with Gasteiger partial charge >= 0.3 is 0 Å². The Hall–Kier alpha value is -0.920. The number of aryl methyl sites for hydroxylation is 2. The molecule has 0 radical (unpaired) electrons. The van der Waals surface area contributed by atoms with Crippen LogP contribution in [0, 0.1) is 20.8 Å². The first-order chi connectivity index (χ1) is 5.52. The molecule has 1 aromatic heterocycles. The van der Waals surface area contributed by atoms with Crippen LogP contribution >= 0.6 is 0 Å². The van der Waals surface area contributed by atoms with Gasteiger partial charge in [0.1, 0.15) is 5.82 Å². The summed E-state index contributed by atoms with van der Waals surface area (Å²) in [6, 6.07) is 0. The van der Waals surface area contributed by atoms with Crippen molar-refractivity contribution >= 4 is 0 Å². The van der Waals surface area contributed by atoms with Crippen molar-refractivity contribution in [3.8, 4) is 0 Å². The van der Waals surface area contributed by atoms with Gasteiger partial charge in [-0.2, -0.15) is 0 Å². The first-order valence-corrected chi connectivity index (χ1v) is 4.34. The predicted octanol–water partition coefficient (Wildman–Crippen LogP) is 2.53. The summed E-state index contributed by atoms with van der Waals surface area (Å²) in [4.78, 5) is 8.84. The summed E-state index contributed by atoms with van der Waals surface area (Å²) < 4.78 is 0. The lowest BCUT2D eigenvalue weighted by Crippen LogP contribution is -2.03. The van der Waals surface area contributed by atoms with Crippen molar-refractivity contribution in [2.75, 3.05) is 0 Å². The minimum Gasteiger partial charge on any atom is -0.238 e. The Bertz CT molecular complexity index is 267. The Morgan fingerprint density at radius 1 is 0.917 bits per heavy atom. The van der Waals surface area contributed by atoms with Crippen LogP contribution in [0.3, 0.4) is 0 Å². The zero-order valence-corrected chi connectivity index (χ0v) is 8.47. The van der Waals surface area contributed by atoms with Crippen LogP contribution in [0.25, 0.3) is 0 Å². The number of nitrogens with zero attached hydrogens (tertiary/aromatic N) is 2. The lowest BCUT2D eigenvalue weighted by molar-refractivity contribution is 0.753. The van der Waals surface area contributed by atoms with E-state index in [0.29, 0.717) is 5.92 Å². The number of hydrogen-bond donors (Lipinski definition) is 0. The second-order valence-electron chi connectivity index (χ2n) is 3.53. The van der Waals surface area contributed by atoms with Gasteiger partial charge in [-0.25, -0.2) is 9.97 Å². The van der Waals surface area contributed by atoms with E-state index in [2.05, 4.69) is 30.7 Å². The quantitative estimate of drug-likeness (QED) is 0.637. The van der Waals surface area contributed by atoms with Crippen molar-refractivity contribution in [1.82, 2.24) is 9.97 Å². The minimum atomic E-state index is 0.419. The maximum Gasteiger partial charge on any atom is 0.131 e. The lowest BCUT2D eigenvalue weighted by atomic mass is 10.1. The summed E-state index contributed by atoms with van der Waals surface area (Å²) in [7, 11) is 0. The van der Waals surface area contributed by atoms with Crippen molar-refractivity contribution in [2.45, 2.75) is 40.5 Å². The molecule has 0 N–H and O–H groups in total. The van der Waals surface area contributed by atoms with Crippen molar-refractivity contribution in [1.29, 1.82) is 0 Å². The molecule has 1 aromatic rings. The molecule has 0 aliphatic carbocycles. The average Bonchev–Trinajstić information content (AvgIpc) is 1.99. The minimum absolute atomic E-state index is 0.419. The van der Waals surface area contributed by atoms with E-state index in [1.54, 1.807) is 0 Å². The summed E-state index contributed by atoms with van der Waals surface area (Å²) in [6.07, 6.45) is 0. The molecular formula is C10H16N2. The van der Waals surface area contributed by atoms with Gasteiger partial charge in [-0.1, -0.05) is 13.8 Å². The zero-order valence-electron chi connectivity index (χ0n) is 8.47. The topological polar surface area (TPSA) is 25.8 Å². The Morgan fingerprint density at radius 3 is 1.67 bits per heavy atom. The van der Waals surface area contributed by atoms with Crippen LogP contribution in [0.2, 0.25) is 0 Å². The molecule has 0 bridgehead atoms. The highest BCUT2D eigenvalue weighted by molar-refractivity contribution is 5.22. The SMILES string of the molecule is Cc1nc(C(C)C)nc(C)c1C. The molecule has 0 atom stereocenters. The molecule has 1 rings (SSSR count). The van der Waals surface area contributed by atoms with Crippen LogP contribution in [0.15, 0.2) is 0 Å². The Balaban J connectivity index is 3.21. The van der Waals surface area contributed by atoms with Gasteiger partial charge in [0.25, 0.3) is 0 Å². The van der Waals surface area contributed by atoms with Gasteiger partial charge < -0.3 is 0 Å². The number of rotatable bonds is 1. The average molecular weight is 164 g/mol. The van der Waals surface area contributed by atoms with Crippen molar-refractivity contribution < 1.29 is 0 Å². The van der Waals surface area contributed by atoms with Gasteiger partial charge in [0.05, 0.1) is 0 Å². The third-order valence-electron chi connectivity index (χ3n) is 2.17. The molecule has 12 heavy (non-hydrogen) atoms. The third kappa shape index (κ3) is 1.63. The van der Waals surface area contributed by atoms with E-state index in [1.807, 2.05) is 13.8 Å². The van der Waals surface area contributed by atoms with Gasteiger partial charge in [-0.05, 0) is 26.3 Å². The summed E-state index contributed by atoms with van der Waals surface area (Å²) in [5, 5.41) is 0. The summed E-state index contributed by atoms with van der Waals surface area (Å²) in [5.41, 5.74) is 3.41. The second kappa shape index (κ2) is 3.21. The molecule has 0 amide bonds. The van der Waals surface area contributed by atoms with Gasteiger partial charge in [0.15, 0.2) is 0 Å². The monoisotopic (exact) mass is 164 g/mol. The van der Waals surface area contributed by atoms with Crippen molar-refractivity contribution in [2.24, 2.45) is 0 Å². The molecule has 2 nitrogen and oxygen atoms in total. The van der Waals surface area contributed by atoms with E-state index in [0.717, 1.165) is 17.2 Å². The summed E-state index contributed by atoms with van der Waals surface area (Å²) in [6.45, 7) is 10.4. The third-order valence-corrected chi connectivity index (χ3v) is 2.17. The van der Waals surface area contributed by atoms with Crippen LogP contribution in [0.5, 0.6) is 0 Å². The Morgan fingerprint density at radius 2 is 1.33 bits per heavy atom. The molecule has 0 aliphatic heterocycles. The Labute approximate surface area is 74.1 Å². The first-order valence-electron chi connectivity index (χ1n) is 4.34. The molecule has 0 fully saturated rings. The highest BCUT2D eigenvalue weighted by atomic mass is 14.9. The molecule has 66 valence electrons. The van der Waals surface area contributed by atoms with Crippen molar-refractivity contribution in [3.05, 3.63) is 22.8 Å². The fourth-order valence-corrected chi connectivity index (χ4v) is 1.06. The zero-order chi connectivity index (χ0) is 9.30. The fraction of sp³-hybridized carbons (Fsp3) is 0.600. The van der Waals surface area contributed by atoms with Crippen LogP contribution in [0.1, 0.15) is 42.5 Å². The van der Waals surface area contributed by atoms with Gasteiger partial charge in [-0.3, -0.25) is 0 Å². The highest BCUT2D eigenvalue weighted by Crippen LogP contribution is 2.13. The molecule has 1 heterocycles. The number of aromatic nitrogens is 2. The Kier molecular flexibility index (Phi) is 2.46. The van der Waals surface area contributed by atoms with E-state index >= 15 is 0 Å². The van der Waals surface area contributed by atoms with Gasteiger partial charge in [-0.15, -0.1) is 0 Å². The summed E-state index contributed by atoms with van der Waals surface area (Å²) in [5.74, 6) is 1.37. The normalized spacial score (nSPS) is 10.8. The lowest BCUT2D eigenvalue weighted by Gasteiger charge is -2.08. The molecule has 0 unspecified atom stereocenters. The smallest absolute Gasteiger partial charge is 0.131 e. The molecule has 0 saturated carbocycles. The standard InChI is InChI=1S/C10H16N2/c1-6(2)10-11-8(4)7(3)9(5)12-10/h6H,1-5H3. The van der Waals surface area contributed by atoms with Crippen LogP contribution < -0.4 is 0 Å². The van der Waals surface area contributed by atoms with Crippen molar-refractivity contribution in [3.63, 3.8) is 0 Å². The number of hydrogen-bond acceptors (Lipinski definition) is 2. The molecule has 0 aliphatic rings. The van der Waals surface area contributed by atoms with Crippen LogP contribution in [-0.4, -0.2) is 9.97 Å². The van der Waals surface area contributed by atoms with Gasteiger partial charge in [0.2, 0.25) is 0 Å². The van der Waals surface area contributed by atoms with Gasteiger partial charge in [0, 0.05) is 17.3 Å². The van der Waals surface area contributed by atoms with E-state index in [-0.39, 0.29) is 0 Å². The largest absolute Gasteiger partial charge is 0.238 e. The fourth-order valence-electron chi connectivity index (χ4n) is 1.06. The highest BCUT2D eigenvalue weighted by Gasteiger charge is 2.06. The van der Waals surface area contributed by atoms with E-state index in [9.17, 15) is 0 Å². The molecule has 0 aromatic carbocycles. The second-order valence-corrected chi connectivity index (χ2v) is 3.53. The van der Waals surface area contributed by atoms with Crippen LogP contribution in [-0.2, 0) is 0 Å². The summed E-state index contributed by atoms with van der Waals surface area (Å²) >= 11 is 0. The van der Waals surface area contributed by atoms with E-state index in [4.69, 9.17) is 0 Å². The molecular weight excluding hydrogens is 148 g/mol. The molecule has 0 spiro atoms.